The van der Waals surface area contributed by atoms with Gasteiger partial charge >= 0.3 is 5.97 Å². The van der Waals surface area contributed by atoms with Gasteiger partial charge in [-0.3, -0.25) is 4.79 Å². The molecule has 0 spiro atoms. The van der Waals surface area contributed by atoms with Gasteiger partial charge in [0, 0.05) is 17.0 Å². The highest BCUT2D eigenvalue weighted by Gasteiger charge is 2.17. The van der Waals surface area contributed by atoms with Gasteiger partial charge in [-0.15, -0.1) is 11.3 Å². The predicted molar refractivity (Wildman–Crippen MR) is 79.3 cm³/mol. The first-order valence-electron chi connectivity index (χ1n) is 6.03. The normalized spacial score (nSPS) is 12.2. The number of phenols is 1. The highest BCUT2D eigenvalue weighted by atomic mass is 35.5. The molecule has 2 aromatic rings. The minimum atomic E-state index is -0.869. The fraction of sp³-hybridized carbons (Fsp3) is 0.214. The molecule has 6 heteroatoms. The summed E-state index contributed by atoms with van der Waals surface area (Å²) in [7, 11) is 0. The third-order valence-electron chi connectivity index (χ3n) is 2.87. The van der Waals surface area contributed by atoms with Crippen molar-refractivity contribution in [2.24, 2.45) is 0 Å². The summed E-state index contributed by atoms with van der Waals surface area (Å²) in [5.74, 6) is -0.840. The standard InChI is InChI=1S/C14H14ClNO3S/c15-10-4-1-3-9(14(10)19)8-16-11(7-13(17)18)12-5-2-6-20-12/h1-6,11,16,19H,7-8H2,(H,17,18). The van der Waals surface area contributed by atoms with Crippen LogP contribution in [0.15, 0.2) is 35.7 Å². The molecule has 0 bridgehead atoms. The van der Waals surface area contributed by atoms with E-state index in [9.17, 15) is 9.90 Å². The van der Waals surface area contributed by atoms with Gasteiger partial charge in [-0.1, -0.05) is 29.8 Å². The van der Waals surface area contributed by atoms with Gasteiger partial charge in [-0.05, 0) is 17.5 Å². The molecule has 20 heavy (non-hydrogen) atoms. The number of carboxylic acid groups (broad SMARTS) is 1. The third kappa shape index (κ3) is 3.72. The molecule has 1 aromatic heterocycles. The van der Waals surface area contributed by atoms with Crippen LogP contribution >= 0.6 is 22.9 Å². The van der Waals surface area contributed by atoms with Gasteiger partial charge in [0.15, 0.2) is 0 Å². The summed E-state index contributed by atoms with van der Waals surface area (Å²) in [5, 5.41) is 24.2. The number of hydrogen-bond acceptors (Lipinski definition) is 4. The monoisotopic (exact) mass is 311 g/mol. The van der Waals surface area contributed by atoms with E-state index < -0.39 is 5.97 Å². The van der Waals surface area contributed by atoms with E-state index in [1.54, 1.807) is 18.2 Å². The number of benzene rings is 1. The van der Waals surface area contributed by atoms with Crippen molar-refractivity contribution >= 4 is 28.9 Å². The van der Waals surface area contributed by atoms with E-state index in [-0.39, 0.29) is 23.2 Å². The fourth-order valence-corrected chi connectivity index (χ4v) is 2.87. The van der Waals surface area contributed by atoms with Crippen LogP contribution < -0.4 is 5.32 Å². The molecule has 0 saturated heterocycles. The number of thiophene rings is 1. The summed E-state index contributed by atoms with van der Waals surface area (Å²) in [6.07, 6.45) is -0.0121. The Balaban J connectivity index is 2.09. The topological polar surface area (TPSA) is 69.6 Å². The van der Waals surface area contributed by atoms with Crippen LogP contribution in [0.4, 0.5) is 0 Å². The Morgan fingerprint density at radius 3 is 2.80 bits per heavy atom. The SMILES string of the molecule is O=C(O)CC(NCc1cccc(Cl)c1O)c1cccs1. The number of hydrogen-bond donors (Lipinski definition) is 3. The number of carboxylic acids is 1. The molecule has 0 radical (unpaired) electrons. The van der Waals surface area contributed by atoms with Crippen LogP contribution in [-0.2, 0) is 11.3 Å². The number of carbonyl (C=O) groups is 1. The number of rotatable bonds is 6. The molecule has 106 valence electrons. The van der Waals surface area contributed by atoms with E-state index in [0.717, 1.165) is 4.88 Å². The molecule has 3 N–H and O–H groups in total. The quantitative estimate of drug-likeness (QED) is 0.764. The Kier molecular flexibility index (Phi) is 5.00. The highest BCUT2D eigenvalue weighted by Crippen LogP contribution is 2.28. The van der Waals surface area contributed by atoms with Crippen LogP contribution in [0.5, 0.6) is 5.75 Å². The lowest BCUT2D eigenvalue weighted by atomic mass is 10.1. The molecular formula is C14H14ClNO3S. The first-order valence-corrected chi connectivity index (χ1v) is 7.28. The molecule has 0 amide bonds. The Bertz CT molecular complexity index is 586. The summed E-state index contributed by atoms with van der Waals surface area (Å²) in [5.41, 5.74) is 0.643. The number of para-hydroxylation sites is 1. The summed E-state index contributed by atoms with van der Waals surface area (Å²) in [6.45, 7) is 0.349. The Labute approximate surface area is 125 Å². The fourth-order valence-electron chi connectivity index (χ4n) is 1.87. The average Bonchev–Trinajstić information content (AvgIpc) is 2.92. The van der Waals surface area contributed by atoms with Gasteiger partial charge in [0.2, 0.25) is 0 Å². The predicted octanol–water partition coefficient (Wildman–Crippen LogP) is 3.41. The second-order valence-corrected chi connectivity index (χ2v) is 5.68. The number of phenolic OH excluding ortho intramolecular Hbond substituents is 1. The number of aliphatic carboxylic acids is 1. The van der Waals surface area contributed by atoms with E-state index in [1.807, 2.05) is 17.5 Å². The van der Waals surface area contributed by atoms with Crippen molar-refractivity contribution in [2.75, 3.05) is 0 Å². The molecule has 0 fully saturated rings. The molecule has 1 unspecified atom stereocenters. The summed E-state index contributed by atoms with van der Waals surface area (Å²) >= 11 is 7.34. The largest absolute Gasteiger partial charge is 0.506 e. The van der Waals surface area contributed by atoms with Gasteiger partial charge < -0.3 is 15.5 Å². The van der Waals surface area contributed by atoms with Crippen LogP contribution in [0.2, 0.25) is 5.02 Å². The van der Waals surface area contributed by atoms with E-state index in [1.165, 1.54) is 11.3 Å². The number of aromatic hydroxyl groups is 1. The molecular weight excluding hydrogens is 298 g/mol. The molecule has 1 atom stereocenters. The zero-order chi connectivity index (χ0) is 14.5. The Hall–Kier alpha value is -1.56. The first kappa shape index (κ1) is 14.8. The average molecular weight is 312 g/mol. The molecule has 4 nitrogen and oxygen atoms in total. The summed E-state index contributed by atoms with van der Waals surface area (Å²) < 4.78 is 0. The van der Waals surface area contributed by atoms with Gasteiger partial charge in [0.05, 0.1) is 17.5 Å². The number of nitrogens with one attached hydrogen (secondary N) is 1. The van der Waals surface area contributed by atoms with E-state index in [2.05, 4.69) is 5.32 Å². The van der Waals surface area contributed by atoms with Gasteiger partial charge in [-0.25, -0.2) is 0 Å². The highest BCUT2D eigenvalue weighted by molar-refractivity contribution is 7.10. The second-order valence-electron chi connectivity index (χ2n) is 4.29. The molecule has 2 rings (SSSR count). The van der Waals surface area contributed by atoms with Crippen LogP contribution in [0.3, 0.4) is 0 Å². The maximum Gasteiger partial charge on any atom is 0.305 e. The van der Waals surface area contributed by atoms with Crippen molar-refractivity contribution in [3.63, 3.8) is 0 Å². The van der Waals surface area contributed by atoms with Gasteiger partial charge in [0.1, 0.15) is 5.75 Å². The first-order chi connectivity index (χ1) is 9.58. The van der Waals surface area contributed by atoms with Gasteiger partial charge in [0.25, 0.3) is 0 Å². The van der Waals surface area contributed by atoms with Crippen molar-refractivity contribution in [1.29, 1.82) is 0 Å². The minimum absolute atomic E-state index is 0.0121. The lowest BCUT2D eigenvalue weighted by molar-refractivity contribution is -0.137. The maximum atomic E-state index is 10.9. The minimum Gasteiger partial charge on any atom is -0.506 e. The van der Waals surface area contributed by atoms with E-state index in [4.69, 9.17) is 16.7 Å². The van der Waals surface area contributed by atoms with Crippen molar-refractivity contribution in [1.82, 2.24) is 5.32 Å². The zero-order valence-electron chi connectivity index (χ0n) is 10.5. The molecule has 0 saturated carbocycles. The maximum absolute atomic E-state index is 10.9. The van der Waals surface area contributed by atoms with Crippen molar-refractivity contribution in [3.05, 3.63) is 51.2 Å². The smallest absolute Gasteiger partial charge is 0.305 e. The van der Waals surface area contributed by atoms with Crippen molar-refractivity contribution < 1.29 is 15.0 Å². The van der Waals surface area contributed by atoms with E-state index in [0.29, 0.717) is 12.1 Å². The summed E-state index contributed by atoms with van der Waals surface area (Å²) in [4.78, 5) is 11.9. The zero-order valence-corrected chi connectivity index (χ0v) is 12.1. The van der Waals surface area contributed by atoms with Crippen LogP contribution in [0.25, 0.3) is 0 Å². The van der Waals surface area contributed by atoms with Gasteiger partial charge in [-0.2, -0.15) is 0 Å². The van der Waals surface area contributed by atoms with Crippen LogP contribution in [0.1, 0.15) is 22.9 Å². The Morgan fingerprint density at radius 2 is 2.15 bits per heavy atom. The van der Waals surface area contributed by atoms with Crippen molar-refractivity contribution in [3.8, 4) is 5.75 Å². The summed E-state index contributed by atoms with van der Waals surface area (Å²) in [6, 6.07) is 8.59. The van der Waals surface area contributed by atoms with Crippen LogP contribution in [-0.4, -0.2) is 16.2 Å². The number of halogens is 1. The molecule has 1 heterocycles. The molecule has 0 aliphatic heterocycles. The molecule has 0 aliphatic carbocycles. The van der Waals surface area contributed by atoms with Crippen LogP contribution in [0, 0.1) is 0 Å². The lowest BCUT2D eigenvalue weighted by Gasteiger charge is -2.16. The Morgan fingerprint density at radius 1 is 1.35 bits per heavy atom. The third-order valence-corrected chi connectivity index (χ3v) is 4.17. The lowest BCUT2D eigenvalue weighted by Crippen LogP contribution is -2.22. The molecule has 0 aliphatic rings. The second kappa shape index (κ2) is 6.74. The molecule has 1 aromatic carbocycles. The van der Waals surface area contributed by atoms with E-state index >= 15 is 0 Å². The van der Waals surface area contributed by atoms with Crippen molar-refractivity contribution in [2.45, 2.75) is 19.0 Å².